The molecule has 18 heavy (non-hydrogen) atoms. The number of hydrogen-bond donors (Lipinski definition) is 1. The Morgan fingerprint density at radius 3 is 2.44 bits per heavy atom. The zero-order valence-corrected chi connectivity index (χ0v) is 11.8. The van der Waals surface area contributed by atoms with Gasteiger partial charge in [-0.15, -0.1) is 0 Å². The number of ether oxygens (including phenoxy) is 2. The highest BCUT2D eigenvalue weighted by Gasteiger charge is 2.38. The maximum atomic E-state index is 11.4. The van der Waals surface area contributed by atoms with Crippen LogP contribution in [0.25, 0.3) is 0 Å². The first-order chi connectivity index (χ1) is 8.51. The summed E-state index contributed by atoms with van der Waals surface area (Å²) in [4.78, 5) is 13.6. The molecule has 1 heterocycles. The number of amides is 1. The molecule has 1 amide bonds. The van der Waals surface area contributed by atoms with Crippen molar-refractivity contribution >= 4 is 5.91 Å². The van der Waals surface area contributed by atoms with Gasteiger partial charge in [0, 0.05) is 32.7 Å². The van der Waals surface area contributed by atoms with Crippen molar-refractivity contribution in [2.24, 2.45) is 11.1 Å². The fourth-order valence-electron chi connectivity index (χ4n) is 2.32. The van der Waals surface area contributed by atoms with Crippen LogP contribution in [0, 0.1) is 5.41 Å². The first kappa shape index (κ1) is 15.4. The van der Waals surface area contributed by atoms with Crippen molar-refractivity contribution in [2.75, 3.05) is 32.8 Å². The van der Waals surface area contributed by atoms with E-state index in [0.717, 1.165) is 32.5 Å². The first-order valence-corrected chi connectivity index (χ1v) is 6.77. The summed E-state index contributed by atoms with van der Waals surface area (Å²) in [5.74, 6) is -0.198. The van der Waals surface area contributed by atoms with Crippen LogP contribution in [-0.4, -0.2) is 49.9 Å². The highest BCUT2D eigenvalue weighted by atomic mass is 16.7. The number of carbonyl (C=O) groups is 1. The molecule has 1 atom stereocenters. The number of nitrogens with two attached hydrogens (primary N) is 1. The lowest BCUT2D eigenvalue weighted by Gasteiger charge is -2.23. The van der Waals surface area contributed by atoms with Crippen molar-refractivity contribution in [3.8, 4) is 0 Å². The van der Waals surface area contributed by atoms with Gasteiger partial charge in [0.25, 0.3) is 0 Å². The van der Waals surface area contributed by atoms with Gasteiger partial charge in [-0.25, -0.2) is 0 Å². The predicted molar refractivity (Wildman–Crippen MR) is 70.0 cm³/mol. The van der Waals surface area contributed by atoms with Gasteiger partial charge in [-0.1, -0.05) is 0 Å². The Labute approximate surface area is 110 Å². The molecule has 0 saturated carbocycles. The lowest BCUT2D eigenvalue weighted by Crippen LogP contribution is -2.37. The van der Waals surface area contributed by atoms with E-state index >= 15 is 0 Å². The molecule has 1 aliphatic heterocycles. The molecule has 106 valence electrons. The number of primary amides is 1. The highest BCUT2D eigenvalue weighted by molar-refractivity contribution is 5.81. The van der Waals surface area contributed by atoms with Gasteiger partial charge in [0.1, 0.15) is 0 Å². The molecule has 1 rings (SSSR count). The van der Waals surface area contributed by atoms with E-state index < -0.39 is 0 Å². The zero-order valence-electron chi connectivity index (χ0n) is 11.8. The Morgan fingerprint density at radius 1 is 1.39 bits per heavy atom. The molecule has 0 aromatic heterocycles. The third kappa shape index (κ3) is 4.23. The van der Waals surface area contributed by atoms with Crippen molar-refractivity contribution in [1.29, 1.82) is 0 Å². The lowest BCUT2D eigenvalue weighted by atomic mass is 9.89. The molecule has 5 heteroatoms. The van der Waals surface area contributed by atoms with Crippen molar-refractivity contribution in [3.05, 3.63) is 0 Å². The normalized spacial score (nSPS) is 24.9. The molecule has 1 fully saturated rings. The zero-order chi connectivity index (χ0) is 13.6. The Hall–Kier alpha value is -0.650. The number of nitrogens with zero attached hydrogens (tertiary/aromatic N) is 1. The standard InChI is InChI=1S/C13H26N2O3/c1-4-17-11(18-5-2)6-8-15-9-7-13(3,10-15)12(14)16/h11H,4-10H2,1-3H3,(H2,14,16). The Balaban J connectivity index is 2.34. The van der Waals surface area contributed by atoms with E-state index in [-0.39, 0.29) is 17.6 Å². The average Bonchev–Trinajstić information content (AvgIpc) is 2.70. The molecule has 1 aliphatic rings. The highest BCUT2D eigenvalue weighted by Crippen LogP contribution is 2.29. The lowest BCUT2D eigenvalue weighted by molar-refractivity contribution is -0.141. The minimum atomic E-state index is -0.368. The van der Waals surface area contributed by atoms with E-state index in [1.807, 2.05) is 20.8 Å². The Kier molecular flexibility index (Phi) is 6.05. The van der Waals surface area contributed by atoms with Gasteiger partial charge in [-0.05, 0) is 33.7 Å². The van der Waals surface area contributed by atoms with Crippen LogP contribution in [0.3, 0.4) is 0 Å². The summed E-state index contributed by atoms with van der Waals surface area (Å²) in [5.41, 5.74) is 5.06. The summed E-state index contributed by atoms with van der Waals surface area (Å²) >= 11 is 0. The third-order valence-corrected chi connectivity index (χ3v) is 3.53. The maximum absolute atomic E-state index is 11.4. The Bertz CT molecular complexity index is 267. The van der Waals surface area contributed by atoms with Gasteiger partial charge in [-0.2, -0.15) is 0 Å². The van der Waals surface area contributed by atoms with Crippen LogP contribution in [0.2, 0.25) is 0 Å². The topological polar surface area (TPSA) is 64.8 Å². The minimum Gasteiger partial charge on any atom is -0.369 e. The molecule has 5 nitrogen and oxygen atoms in total. The third-order valence-electron chi connectivity index (χ3n) is 3.53. The molecule has 0 radical (unpaired) electrons. The second kappa shape index (κ2) is 7.07. The van der Waals surface area contributed by atoms with Crippen LogP contribution < -0.4 is 5.73 Å². The van der Waals surface area contributed by atoms with E-state index in [1.54, 1.807) is 0 Å². The summed E-state index contributed by atoms with van der Waals surface area (Å²) in [5, 5.41) is 0. The summed E-state index contributed by atoms with van der Waals surface area (Å²) in [6.45, 7) is 9.73. The van der Waals surface area contributed by atoms with E-state index in [0.29, 0.717) is 13.2 Å². The number of carbonyl (C=O) groups excluding carboxylic acids is 1. The van der Waals surface area contributed by atoms with Gasteiger partial charge in [0.15, 0.2) is 6.29 Å². The second-order valence-corrected chi connectivity index (χ2v) is 5.08. The molecule has 0 spiro atoms. The SMILES string of the molecule is CCOC(CCN1CCC(C)(C(N)=O)C1)OCC. The van der Waals surface area contributed by atoms with Crippen molar-refractivity contribution < 1.29 is 14.3 Å². The fourth-order valence-corrected chi connectivity index (χ4v) is 2.32. The monoisotopic (exact) mass is 258 g/mol. The fraction of sp³-hybridized carbons (Fsp3) is 0.923. The molecule has 1 unspecified atom stereocenters. The summed E-state index contributed by atoms with van der Waals surface area (Å²) in [6.07, 6.45) is 1.53. The molecule has 0 aromatic carbocycles. The van der Waals surface area contributed by atoms with Gasteiger partial charge in [0.05, 0.1) is 5.41 Å². The quantitative estimate of drug-likeness (QED) is 0.659. The molecule has 0 bridgehead atoms. The molecule has 0 aliphatic carbocycles. The predicted octanol–water partition coefficient (Wildman–Crippen LogP) is 0.973. The average molecular weight is 258 g/mol. The van der Waals surface area contributed by atoms with E-state index in [9.17, 15) is 4.79 Å². The van der Waals surface area contributed by atoms with Crippen LogP contribution in [0.4, 0.5) is 0 Å². The van der Waals surface area contributed by atoms with Gasteiger partial charge in [0.2, 0.25) is 5.91 Å². The molecular weight excluding hydrogens is 232 g/mol. The van der Waals surface area contributed by atoms with Crippen LogP contribution in [0.15, 0.2) is 0 Å². The van der Waals surface area contributed by atoms with Gasteiger partial charge >= 0.3 is 0 Å². The summed E-state index contributed by atoms with van der Waals surface area (Å²) in [6, 6.07) is 0. The number of hydrogen-bond acceptors (Lipinski definition) is 4. The summed E-state index contributed by atoms with van der Waals surface area (Å²) < 4.78 is 11.0. The number of rotatable bonds is 8. The smallest absolute Gasteiger partial charge is 0.224 e. The van der Waals surface area contributed by atoms with E-state index in [1.165, 1.54) is 0 Å². The number of likely N-dealkylation sites (tertiary alicyclic amines) is 1. The maximum Gasteiger partial charge on any atom is 0.224 e. The minimum absolute atomic E-state index is 0.138. The van der Waals surface area contributed by atoms with Crippen LogP contribution in [0.1, 0.15) is 33.6 Å². The molecule has 2 N–H and O–H groups in total. The van der Waals surface area contributed by atoms with Gasteiger partial charge < -0.3 is 20.1 Å². The van der Waals surface area contributed by atoms with Crippen molar-refractivity contribution in [2.45, 2.75) is 39.9 Å². The Morgan fingerprint density at radius 2 is 2.00 bits per heavy atom. The molecule has 1 saturated heterocycles. The molecular formula is C13H26N2O3. The second-order valence-electron chi connectivity index (χ2n) is 5.08. The first-order valence-electron chi connectivity index (χ1n) is 6.77. The summed E-state index contributed by atoms with van der Waals surface area (Å²) in [7, 11) is 0. The van der Waals surface area contributed by atoms with Crippen molar-refractivity contribution in [1.82, 2.24) is 4.90 Å². The van der Waals surface area contributed by atoms with Crippen molar-refractivity contribution in [3.63, 3.8) is 0 Å². The van der Waals surface area contributed by atoms with E-state index in [4.69, 9.17) is 15.2 Å². The largest absolute Gasteiger partial charge is 0.369 e. The van der Waals surface area contributed by atoms with Crippen LogP contribution in [-0.2, 0) is 14.3 Å². The molecule has 0 aromatic rings. The van der Waals surface area contributed by atoms with Crippen LogP contribution >= 0.6 is 0 Å². The van der Waals surface area contributed by atoms with Crippen LogP contribution in [0.5, 0.6) is 0 Å². The van der Waals surface area contributed by atoms with E-state index in [2.05, 4.69) is 4.90 Å². The van der Waals surface area contributed by atoms with Gasteiger partial charge in [-0.3, -0.25) is 4.79 Å².